The van der Waals surface area contributed by atoms with E-state index in [1.54, 1.807) is 10.7 Å². The van der Waals surface area contributed by atoms with Gasteiger partial charge in [-0.25, -0.2) is 9.50 Å². The number of hydrogen-bond acceptors (Lipinski definition) is 3. The summed E-state index contributed by atoms with van der Waals surface area (Å²) in [6.07, 6.45) is 4.59. The molecule has 4 nitrogen and oxygen atoms in total. The third-order valence-corrected chi connectivity index (χ3v) is 1.65. The van der Waals surface area contributed by atoms with E-state index in [2.05, 4.69) is 10.1 Å². The number of hydrogen-bond donors (Lipinski definition) is 0. The predicted octanol–water partition coefficient (Wildman–Crippen LogP) is 0.471. The van der Waals surface area contributed by atoms with Crippen molar-refractivity contribution in [1.29, 1.82) is 0 Å². The maximum atomic E-state index is 10.2. The number of aldehydes is 1. The molecule has 2 aromatic rings. The fourth-order valence-electron chi connectivity index (χ4n) is 1.08. The first-order valence-corrected chi connectivity index (χ1v) is 3.62. The van der Waals surface area contributed by atoms with Crippen molar-refractivity contribution in [2.24, 2.45) is 0 Å². The molecule has 4 heteroatoms. The summed E-state index contributed by atoms with van der Waals surface area (Å²) in [6.45, 7) is 0. The van der Waals surface area contributed by atoms with E-state index >= 15 is 0 Å². The smallest absolute Gasteiger partial charge is 0.155 e. The topological polar surface area (TPSA) is 47.3 Å². The van der Waals surface area contributed by atoms with Crippen LogP contribution in [0.4, 0.5) is 0 Å². The van der Waals surface area contributed by atoms with Gasteiger partial charge in [0.25, 0.3) is 0 Å². The molecule has 2 heterocycles. The molecule has 0 aliphatic rings. The molecular formula is C8H7N3O. The Morgan fingerprint density at radius 1 is 1.50 bits per heavy atom. The predicted molar refractivity (Wildman–Crippen MR) is 42.8 cm³/mol. The zero-order valence-corrected chi connectivity index (χ0v) is 6.34. The van der Waals surface area contributed by atoms with Gasteiger partial charge in [-0.2, -0.15) is 5.10 Å². The molecule has 0 atom stereocenters. The summed E-state index contributed by atoms with van der Waals surface area (Å²) in [5, 5.41) is 3.95. The van der Waals surface area contributed by atoms with Crippen LogP contribution in [0.5, 0.6) is 0 Å². The minimum Gasteiger partial charge on any atom is -0.303 e. The largest absolute Gasteiger partial charge is 0.303 e. The first-order chi connectivity index (χ1) is 5.90. The van der Waals surface area contributed by atoms with Crippen LogP contribution in [0.1, 0.15) is 5.56 Å². The van der Waals surface area contributed by atoms with E-state index in [1.165, 1.54) is 6.33 Å². The maximum absolute atomic E-state index is 10.2. The van der Waals surface area contributed by atoms with Crippen molar-refractivity contribution < 1.29 is 4.79 Å². The maximum Gasteiger partial charge on any atom is 0.155 e. The van der Waals surface area contributed by atoms with Crippen LogP contribution in [0.2, 0.25) is 0 Å². The first kappa shape index (κ1) is 6.97. The van der Waals surface area contributed by atoms with Gasteiger partial charge in [0.05, 0.1) is 0 Å². The average Bonchev–Trinajstić information content (AvgIpc) is 2.51. The minimum atomic E-state index is 0.426. The zero-order valence-electron chi connectivity index (χ0n) is 6.34. The van der Waals surface area contributed by atoms with Gasteiger partial charge in [-0.1, -0.05) is 6.07 Å². The number of pyridine rings is 1. The fourth-order valence-corrected chi connectivity index (χ4v) is 1.08. The molecule has 0 radical (unpaired) electrons. The molecule has 60 valence electrons. The van der Waals surface area contributed by atoms with Gasteiger partial charge in [-0.15, -0.1) is 0 Å². The summed E-state index contributed by atoms with van der Waals surface area (Å²) < 4.78 is 1.65. The molecule has 0 bridgehead atoms. The molecule has 0 aliphatic heterocycles. The van der Waals surface area contributed by atoms with Gasteiger partial charge in [0, 0.05) is 12.6 Å². The zero-order chi connectivity index (χ0) is 8.39. The minimum absolute atomic E-state index is 0.426. The third kappa shape index (κ3) is 1.07. The van der Waals surface area contributed by atoms with E-state index in [0.717, 1.165) is 17.5 Å². The Bertz CT molecular complexity index is 407. The summed E-state index contributed by atoms with van der Waals surface area (Å²) in [7, 11) is 0. The first-order valence-electron chi connectivity index (χ1n) is 3.62. The van der Waals surface area contributed by atoms with Gasteiger partial charge in [0.15, 0.2) is 5.65 Å². The Kier molecular flexibility index (Phi) is 1.59. The molecule has 2 aromatic heterocycles. The molecule has 0 saturated carbocycles. The van der Waals surface area contributed by atoms with Gasteiger partial charge >= 0.3 is 0 Å². The van der Waals surface area contributed by atoms with Crippen LogP contribution in [-0.4, -0.2) is 20.9 Å². The number of rotatable bonds is 2. The highest BCUT2D eigenvalue weighted by Crippen LogP contribution is 2.02. The summed E-state index contributed by atoms with van der Waals surface area (Å²) >= 11 is 0. The number of nitrogens with zero attached hydrogens (tertiary/aromatic N) is 3. The van der Waals surface area contributed by atoms with Crippen molar-refractivity contribution in [1.82, 2.24) is 14.6 Å². The average molecular weight is 161 g/mol. The molecule has 0 amide bonds. The van der Waals surface area contributed by atoms with Crippen LogP contribution in [0.25, 0.3) is 5.65 Å². The Labute approximate surface area is 68.8 Å². The molecule has 0 aliphatic carbocycles. The van der Waals surface area contributed by atoms with Gasteiger partial charge in [-0.3, -0.25) is 0 Å². The van der Waals surface area contributed by atoms with Gasteiger partial charge in [-0.05, 0) is 11.6 Å². The molecule has 2 rings (SSSR count). The summed E-state index contributed by atoms with van der Waals surface area (Å²) in [5.74, 6) is 0. The molecule has 0 N–H and O–H groups in total. The molecule has 0 aromatic carbocycles. The van der Waals surface area contributed by atoms with Crippen LogP contribution in [0, 0.1) is 0 Å². The Balaban J connectivity index is 2.52. The quantitative estimate of drug-likeness (QED) is 0.601. The monoisotopic (exact) mass is 161 g/mol. The van der Waals surface area contributed by atoms with Crippen LogP contribution in [0.15, 0.2) is 24.7 Å². The van der Waals surface area contributed by atoms with E-state index in [0.29, 0.717) is 6.42 Å². The lowest BCUT2D eigenvalue weighted by Gasteiger charge is -1.94. The molecule has 12 heavy (non-hydrogen) atoms. The molecular weight excluding hydrogens is 154 g/mol. The van der Waals surface area contributed by atoms with Gasteiger partial charge in [0.2, 0.25) is 0 Å². The number of carbonyl (C=O) groups excluding carboxylic acids is 1. The van der Waals surface area contributed by atoms with E-state index in [1.807, 2.05) is 12.1 Å². The normalized spacial score (nSPS) is 10.3. The standard InChI is InChI=1S/C8H7N3O/c12-4-3-7-1-2-8-9-6-10-11(8)5-7/h1-2,4-6H,3H2. The van der Waals surface area contributed by atoms with E-state index in [4.69, 9.17) is 0 Å². The number of aromatic nitrogens is 3. The fraction of sp³-hybridized carbons (Fsp3) is 0.125. The summed E-state index contributed by atoms with van der Waals surface area (Å²) in [4.78, 5) is 14.2. The van der Waals surface area contributed by atoms with Crippen molar-refractivity contribution in [3.8, 4) is 0 Å². The SMILES string of the molecule is O=CCc1ccc2ncnn2c1. The second-order valence-electron chi connectivity index (χ2n) is 2.47. The lowest BCUT2D eigenvalue weighted by Crippen LogP contribution is -1.92. The van der Waals surface area contributed by atoms with Crippen molar-refractivity contribution in [2.45, 2.75) is 6.42 Å². The van der Waals surface area contributed by atoms with Crippen LogP contribution in [-0.2, 0) is 11.2 Å². The van der Waals surface area contributed by atoms with Crippen molar-refractivity contribution in [2.75, 3.05) is 0 Å². The van der Waals surface area contributed by atoms with Crippen molar-refractivity contribution in [3.05, 3.63) is 30.2 Å². The molecule has 0 fully saturated rings. The molecule has 0 saturated heterocycles. The van der Waals surface area contributed by atoms with Gasteiger partial charge in [0.1, 0.15) is 12.6 Å². The van der Waals surface area contributed by atoms with Crippen molar-refractivity contribution in [3.63, 3.8) is 0 Å². The van der Waals surface area contributed by atoms with Crippen LogP contribution >= 0.6 is 0 Å². The van der Waals surface area contributed by atoms with Crippen LogP contribution < -0.4 is 0 Å². The van der Waals surface area contributed by atoms with Crippen molar-refractivity contribution >= 4 is 11.9 Å². The Hall–Kier alpha value is -1.71. The van der Waals surface area contributed by atoms with E-state index in [-0.39, 0.29) is 0 Å². The Morgan fingerprint density at radius 2 is 2.42 bits per heavy atom. The summed E-state index contributed by atoms with van der Waals surface area (Å²) in [6, 6.07) is 3.71. The van der Waals surface area contributed by atoms with Gasteiger partial charge < -0.3 is 4.79 Å². The highest BCUT2D eigenvalue weighted by molar-refractivity contribution is 5.55. The lowest BCUT2D eigenvalue weighted by atomic mass is 10.2. The van der Waals surface area contributed by atoms with E-state index in [9.17, 15) is 4.79 Å². The molecule has 0 unspecified atom stereocenters. The third-order valence-electron chi connectivity index (χ3n) is 1.65. The van der Waals surface area contributed by atoms with E-state index < -0.39 is 0 Å². The second-order valence-corrected chi connectivity index (χ2v) is 2.47. The lowest BCUT2D eigenvalue weighted by molar-refractivity contribution is -0.107. The second kappa shape index (κ2) is 2.73. The van der Waals surface area contributed by atoms with Crippen LogP contribution in [0.3, 0.4) is 0 Å². The number of carbonyl (C=O) groups is 1. The number of fused-ring (bicyclic) bond motifs is 1. The highest BCUT2D eigenvalue weighted by Gasteiger charge is 1.95. The summed E-state index contributed by atoms with van der Waals surface area (Å²) in [5.41, 5.74) is 1.74. The molecule has 0 spiro atoms. The highest BCUT2D eigenvalue weighted by atomic mass is 16.1. The Morgan fingerprint density at radius 3 is 3.25 bits per heavy atom.